The summed E-state index contributed by atoms with van der Waals surface area (Å²) in [6, 6.07) is 4.35. The molecule has 7 heteroatoms. The Balaban J connectivity index is 2.84. The summed E-state index contributed by atoms with van der Waals surface area (Å²) in [6.07, 6.45) is 1.70. The Kier molecular flexibility index (Phi) is 6.61. The number of carbonyl (C=O) groups is 1. The molecule has 0 heterocycles. The van der Waals surface area contributed by atoms with E-state index in [-0.39, 0.29) is 11.6 Å². The number of methoxy groups -OCH3 is 1. The highest BCUT2D eigenvalue weighted by Crippen LogP contribution is 2.26. The number of benzene rings is 1. The standard InChI is InChI=1S/C14H21N3O4/c1-16(2)14(18)11-6-7-13(17(19)20)12(10-11)15-8-4-5-9-21-3/h6-7,10,15H,4-5,8-9H2,1-3H3. The monoisotopic (exact) mass is 295 g/mol. The zero-order valence-corrected chi connectivity index (χ0v) is 12.6. The molecule has 1 amide bonds. The minimum Gasteiger partial charge on any atom is -0.385 e. The van der Waals surface area contributed by atoms with Gasteiger partial charge >= 0.3 is 0 Å². The van der Waals surface area contributed by atoms with Crippen molar-refractivity contribution in [3.05, 3.63) is 33.9 Å². The van der Waals surface area contributed by atoms with Crippen LogP contribution in [0.25, 0.3) is 0 Å². The molecule has 7 nitrogen and oxygen atoms in total. The Bertz CT molecular complexity index is 503. The number of hydrogen-bond acceptors (Lipinski definition) is 5. The molecule has 0 saturated carbocycles. The maximum Gasteiger partial charge on any atom is 0.292 e. The largest absolute Gasteiger partial charge is 0.385 e. The molecule has 0 fully saturated rings. The Labute approximate surface area is 124 Å². The molecule has 0 aliphatic carbocycles. The van der Waals surface area contributed by atoms with Crippen molar-refractivity contribution < 1.29 is 14.5 Å². The molecule has 0 unspecified atom stereocenters. The number of anilines is 1. The van der Waals surface area contributed by atoms with Crippen LogP contribution < -0.4 is 5.32 Å². The van der Waals surface area contributed by atoms with Gasteiger partial charge in [-0.25, -0.2) is 0 Å². The zero-order valence-electron chi connectivity index (χ0n) is 12.6. The number of ether oxygens (including phenoxy) is 1. The molecule has 1 N–H and O–H groups in total. The molecule has 0 aromatic heterocycles. The van der Waals surface area contributed by atoms with Crippen LogP contribution in [0.4, 0.5) is 11.4 Å². The lowest BCUT2D eigenvalue weighted by Crippen LogP contribution is -2.21. The third kappa shape index (κ3) is 5.03. The molecule has 0 aliphatic heterocycles. The molecular weight excluding hydrogens is 274 g/mol. The fourth-order valence-electron chi connectivity index (χ4n) is 1.82. The van der Waals surface area contributed by atoms with Crippen LogP contribution in [0.2, 0.25) is 0 Å². The van der Waals surface area contributed by atoms with Gasteiger partial charge in [-0.05, 0) is 25.0 Å². The maximum absolute atomic E-state index is 11.9. The first-order valence-electron chi connectivity index (χ1n) is 6.70. The smallest absolute Gasteiger partial charge is 0.292 e. The van der Waals surface area contributed by atoms with Gasteiger partial charge in [-0.3, -0.25) is 14.9 Å². The lowest BCUT2D eigenvalue weighted by atomic mass is 10.1. The van der Waals surface area contributed by atoms with Gasteiger partial charge in [0.25, 0.3) is 11.6 Å². The molecule has 1 rings (SSSR count). The highest BCUT2D eigenvalue weighted by Gasteiger charge is 2.17. The first-order valence-corrected chi connectivity index (χ1v) is 6.70. The van der Waals surface area contributed by atoms with E-state index in [0.29, 0.717) is 24.4 Å². The van der Waals surface area contributed by atoms with Crippen molar-refractivity contribution >= 4 is 17.3 Å². The number of amides is 1. The van der Waals surface area contributed by atoms with Gasteiger partial charge in [0.2, 0.25) is 0 Å². The first kappa shape index (κ1) is 16.9. The average molecular weight is 295 g/mol. The molecule has 0 aliphatic rings. The van der Waals surface area contributed by atoms with Crippen LogP contribution in [-0.2, 0) is 4.74 Å². The predicted octanol–water partition coefficient (Wildman–Crippen LogP) is 2.14. The molecular formula is C14H21N3O4. The molecule has 21 heavy (non-hydrogen) atoms. The first-order chi connectivity index (χ1) is 9.97. The molecule has 116 valence electrons. The fraction of sp³-hybridized carbons (Fsp3) is 0.500. The topological polar surface area (TPSA) is 84.7 Å². The molecule has 0 spiro atoms. The minimum absolute atomic E-state index is 0.0305. The Morgan fingerprint density at radius 3 is 2.67 bits per heavy atom. The average Bonchev–Trinajstić information content (AvgIpc) is 2.45. The quantitative estimate of drug-likeness (QED) is 0.451. The van der Waals surface area contributed by atoms with Crippen LogP contribution in [0.1, 0.15) is 23.2 Å². The third-order valence-electron chi connectivity index (χ3n) is 2.94. The summed E-state index contributed by atoms with van der Waals surface area (Å²) in [6.45, 7) is 1.24. The van der Waals surface area contributed by atoms with Crippen molar-refractivity contribution in [2.45, 2.75) is 12.8 Å². The Morgan fingerprint density at radius 2 is 2.10 bits per heavy atom. The highest BCUT2D eigenvalue weighted by molar-refractivity contribution is 5.95. The Morgan fingerprint density at radius 1 is 1.38 bits per heavy atom. The normalized spacial score (nSPS) is 10.2. The van der Waals surface area contributed by atoms with Crippen molar-refractivity contribution in [1.29, 1.82) is 0 Å². The number of nitrogens with one attached hydrogen (secondary N) is 1. The van der Waals surface area contributed by atoms with Crippen LogP contribution in [0, 0.1) is 10.1 Å². The summed E-state index contributed by atoms with van der Waals surface area (Å²) < 4.78 is 4.95. The van der Waals surface area contributed by atoms with Gasteiger partial charge in [0, 0.05) is 46.0 Å². The van der Waals surface area contributed by atoms with E-state index in [0.717, 1.165) is 12.8 Å². The van der Waals surface area contributed by atoms with Crippen LogP contribution in [-0.4, -0.2) is 50.1 Å². The van der Waals surface area contributed by atoms with Crippen LogP contribution in [0.3, 0.4) is 0 Å². The van der Waals surface area contributed by atoms with Gasteiger partial charge in [0.1, 0.15) is 5.69 Å². The summed E-state index contributed by atoms with van der Waals surface area (Å²) in [4.78, 5) is 23.9. The number of nitro benzene ring substituents is 1. The van der Waals surface area contributed by atoms with Crippen molar-refractivity contribution in [3.63, 3.8) is 0 Å². The van der Waals surface area contributed by atoms with Gasteiger partial charge in [-0.15, -0.1) is 0 Å². The van der Waals surface area contributed by atoms with Crippen LogP contribution >= 0.6 is 0 Å². The summed E-state index contributed by atoms with van der Waals surface area (Å²) in [5.74, 6) is -0.188. The molecule has 0 bridgehead atoms. The Hall–Kier alpha value is -2.15. The van der Waals surface area contributed by atoms with Gasteiger partial charge in [-0.2, -0.15) is 0 Å². The summed E-state index contributed by atoms with van der Waals surface area (Å²) in [5, 5.41) is 14.0. The van der Waals surface area contributed by atoms with Gasteiger partial charge in [0.05, 0.1) is 4.92 Å². The third-order valence-corrected chi connectivity index (χ3v) is 2.94. The van der Waals surface area contributed by atoms with Crippen molar-refractivity contribution in [2.75, 3.05) is 39.7 Å². The lowest BCUT2D eigenvalue weighted by molar-refractivity contribution is -0.384. The van der Waals surface area contributed by atoms with E-state index >= 15 is 0 Å². The minimum atomic E-state index is -0.457. The van der Waals surface area contributed by atoms with Crippen LogP contribution in [0.15, 0.2) is 18.2 Å². The summed E-state index contributed by atoms with van der Waals surface area (Å²) in [7, 11) is 4.91. The number of nitro groups is 1. The van der Waals surface area contributed by atoms with E-state index in [2.05, 4.69) is 5.32 Å². The SMILES string of the molecule is COCCCCNc1cc(C(=O)N(C)C)ccc1[N+](=O)[O-]. The van der Waals surface area contributed by atoms with Gasteiger partial charge < -0.3 is 15.0 Å². The highest BCUT2D eigenvalue weighted by atomic mass is 16.6. The van der Waals surface area contributed by atoms with E-state index in [1.54, 1.807) is 21.2 Å². The molecule has 0 atom stereocenters. The summed E-state index contributed by atoms with van der Waals surface area (Å²) in [5.41, 5.74) is 0.757. The molecule has 0 radical (unpaired) electrons. The van der Waals surface area contributed by atoms with Gasteiger partial charge in [0.15, 0.2) is 0 Å². The number of nitrogens with zero attached hydrogens (tertiary/aromatic N) is 2. The maximum atomic E-state index is 11.9. The van der Waals surface area contributed by atoms with Crippen LogP contribution in [0.5, 0.6) is 0 Å². The number of hydrogen-bond donors (Lipinski definition) is 1. The van der Waals surface area contributed by atoms with Crippen molar-refractivity contribution in [3.8, 4) is 0 Å². The van der Waals surface area contributed by atoms with E-state index in [1.807, 2.05) is 0 Å². The van der Waals surface area contributed by atoms with Crippen molar-refractivity contribution in [1.82, 2.24) is 4.90 Å². The lowest BCUT2D eigenvalue weighted by Gasteiger charge is -2.12. The number of rotatable bonds is 8. The molecule has 1 aromatic carbocycles. The van der Waals surface area contributed by atoms with E-state index in [4.69, 9.17) is 4.74 Å². The number of carbonyl (C=O) groups excluding carboxylic acids is 1. The van der Waals surface area contributed by atoms with Crippen molar-refractivity contribution in [2.24, 2.45) is 0 Å². The zero-order chi connectivity index (χ0) is 15.8. The van der Waals surface area contributed by atoms with E-state index in [9.17, 15) is 14.9 Å². The fourth-order valence-corrected chi connectivity index (χ4v) is 1.82. The molecule has 0 saturated heterocycles. The second-order valence-corrected chi connectivity index (χ2v) is 4.82. The number of unbranched alkanes of at least 4 members (excludes halogenated alkanes) is 1. The second kappa shape index (κ2) is 8.21. The molecule has 1 aromatic rings. The summed E-state index contributed by atoms with van der Waals surface area (Å²) >= 11 is 0. The van der Waals surface area contributed by atoms with E-state index < -0.39 is 4.92 Å². The van der Waals surface area contributed by atoms with Gasteiger partial charge in [-0.1, -0.05) is 0 Å². The predicted molar refractivity (Wildman–Crippen MR) is 80.7 cm³/mol. The second-order valence-electron chi connectivity index (χ2n) is 4.82. The van der Waals surface area contributed by atoms with E-state index in [1.165, 1.54) is 23.1 Å².